The quantitative estimate of drug-likeness (QED) is 0.553. The lowest BCUT2D eigenvalue weighted by atomic mass is 10.1. The molecule has 0 unspecified atom stereocenters. The van der Waals surface area contributed by atoms with E-state index in [0.29, 0.717) is 11.4 Å². The molecule has 0 fully saturated rings. The number of nitrogens with one attached hydrogen (secondary N) is 1. The Labute approximate surface area is 169 Å². The Bertz CT molecular complexity index is 912. The molecule has 3 rings (SSSR count). The van der Waals surface area contributed by atoms with Gasteiger partial charge in [-0.15, -0.1) is 10.2 Å². The van der Waals surface area contributed by atoms with E-state index >= 15 is 0 Å². The molecule has 0 radical (unpaired) electrons. The molecule has 1 N–H and O–H groups in total. The lowest BCUT2D eigenvalue weighted by Crippen LogP contribution is -2.15. The van der Waals surface area contributed by atoms with E-state index in [0.717, 1.165) is 30.4 Å². The number of carbonyl (C=O) groups excluding carboxylic acids is 1. The van der Waals surface area contributed by atoms with Crippen LogP contribution in [0, 0.1) is 0 Å². The van der Waals surface area contributed by atoms with Crippen molar-refractivity contribution in [2.45, 2.75) is 31.5 Å². The van der Waals surface area contributed by atoms with Gasteiger partial charge in [0.05, 0.1) is 12.9 Å². The van der Waals surface area contributed by atoms with E-state index in [1.54, 1.807) is 13.2 Å². The van der Waals surface area contributed by atoms with Crippen LogP contribution in [-0.4, -0.2) is 33.5 Å². The molecule has 146 valence electrons. The maximum Gasteiger partial charge on any atom is 0.234 e. The Balaban J connectivity index is 1.63. The predicted octanol–water partition coefficient (Wildman–Crippen LogP) is 4.02. The lowest BCUT2D eigenvalue weighted by Gasteiger charge is -2.09. The number of hydrogen-bond acceptors (Lipinski definition) is 5. The number of amides is 1. The number of anilines is 1. The third kappa shape index (κ3) is 5.36. The second-order valence-corrected chi connectivity index (χ2v) is 7.22. The molecule has 7 heteroatoms. The van der Waals surface area contributed by atoms with Gasteiger partial charge in [0.2, 0.25) is 5.91 Å². The molecular formula is C21H24N4O2S. The van der Waals surface area contributed by atoms with Crippen LogP contribution in [0.15, 0.2) is 59.8 Å². The maximum absolute atomic E-state index is 12.3. The molecule has 28 heavy (non-hydrogen) atoms. The zero-order valence-corrected chi connectivity index (χ0v) is 16.9. The molecule has 6 nitrogen and oxygen atoms in total. The van der Waals surface area contributed by atoms with Crippen LogP contribution >= 0.6 is 11.8 Å². The Kier molecular flexibility index (Phi) is 7.08. The fraction of sp³-hybridized carbons (Fsp3) is 0.286. The van der Waals surface area contributed by atoms with Crippen LogP contribution in [0.5, 0.6) is 5.75 Å². The van der Waals surface area contributed by atoms with Gasteiger partial charge in [0, 0.05) is 24.7 Å². The molecule has 0 atom stereocenters. The summed E-state index contributed by atoms with van der Waals surface area (Å²) in [6, 6.07) is 17.5. The molecular weight excluding hydrogens is 372 g/mol. The third-order valence-corrected chi connectivity index (χ3v) is 5.10. The van der Waals surface area contributed by atoms with E-state index in [9.17, 15) is 4.79 Å². The summed E-state index contributed by atoms with van der Waals surface area (Å²) in [6.07, 6.45) is 1.70. The minimum absolute atomic E-state index is 0.0890. The molecule has 0 aliphatic rings. The summed E-state index contributed by atoms with van der Waals surface area (Å²) >= 11 is 1.40. The van der Waals surface area contributed by atoms with Crippen LogP contribution in [0.2, 0.25) is 0 Å². The molecule has 0 aliphatic carbocycles. The average molecular weight is 397 g/mol. The Morgan fingerprint density at radius 1 is 1.14 bits per heavy atom. The third-order valence-electron chi connectivity index (χ3n) is 4.13. The molecule has 1 amide bonds. The van der Waals surface area contributed by atoms with Crippen molar-refractivity contribution >= 4 is 23.4 Å². The number of hydrogen-bond donors (Lipinski definition) is 1. The first-order chi connectivity index (χ1) is 13.7. The van der Waals surface area contributed by atoms with Gasteiger partial charge in [-0.05, 0) is 24.1 Å². The van der Waals surface area contributed by atoms with Gasteiger partial charge in [-0.25, -0.2) is 0 Å². The van der Waals surface area contributed by atoms with E-state index in [2.05, 4.69) is 39.1 Å². The van der Waals surface area contributed by atoms with Crippen LogP contribution in [0.3, 0.4) is 0 Å². The lowest BCUT2D eigenvalue weighted by molar-refractivity contribution is -0.113. The number of rotatable bonds is 9. The molecule has 0 aliphatic heterocycles. The minimum atomic E-state index is -0.0890. The molecule has 1 aromatic heterocycles. The summed E-state index contributed by atoms with van der Waals surface area (Å²) in [5.74, 6) is 1.81. The zero-order chi connectivity index (χ0) is 19.8. The number of benzene rings is 2. The predicted molar refractivity (Wildman–Crippen MR) is 112 cm³/mol. The average Bonchev–Trinajstić information content (AvgIpc) is 3.09. The number of aromatic nitrogens is 3. The fourth-order valence-corrected chi connectivity index (χ4v) is 3.59. The van der Waals surface area contributed by atoms with Crippen molar-refractivity contribution in [1.29, 1.82) is 0 Å². The SMILES string of the molecule is CCCn1c(Cc2ccccc2)nnc1SCC(=O)Nc1cccc(OC)c1. The zero-order valence-electron chi connectivity index (χ0n) is 16.1. The van der Waals surface area contributed by atoms with Crippen LogP contribution in [-0.2, 0) is 17.8 Å². The van der Waals surface area contributed by atoms with Crippen molar-refractivity contribution in [3.8, 4) is 5.75 Å². The van der Waals surface area contributed by atoms with Gasteiger partial charge in [0.25, 0.3) is 0 Å². The maximum atomic E-state index is 12.3. The van der Waals surface area contributed by atoms with Crippen LogP contribution < -0.4 is 10.1 Å². The second kappa shape index (κ2) is 9.94. The van der Waals surface area contributed by atoms with Gasteiger partial charge in [-0.3, -0.25) is 4.79 Å². The number of carbonyl (C=O) groups is 1. The topological polar surface area (TPSA) is 69.0 Å². The fourth-order valence-electron chi connectivity index (χ4n) is 2.81. The van der Waals surface area contributed by atoms with Crippen LogP contribution in [0.25, 0.3) is 0 Å². The number of ether oxygens (including phenoxy) is 1. The number of thioether (sulfide) groups is 1. The largest absolute Gasteiger partial charge is 0.497 e. The van der Waals surface area contributed by atoms with E-state index in [4.69, 9.17) is 4.74 Å². The Hall–Kier alpha value is -2.80. The second-order valence-electron chi connectivity index (χ2n) is 6.28. The summed E-state index contributed by atoms with van der Waals surface area (Å²) in [6.45, 7) is 2.95. The van der Waals surface area contributed by atoms with E-state index in [1.807, 2.05) is 36.4 Å². The van der Waals surface area contributed by atoms with E-state index in [-0.39, 0.29) is 11.7 Å². The Morgan fingerprint density at radius 2 is 1.96 bits per heavy atom. The highest BCUT2D eigenvalue weighted by molar-refractivity contribution is 7.99. The van der Waals surface area contributed by atoms with E-state index in [1.165, 1.54) is 17.3 Å². The van der Waals surface area contributed by atoms with Crippen LogP contribution in [0.1, 0.15) is 24.7 Å². The van der Waals surface area contributed by atoms with Crippen molar-refractivity contribution < 1.29 is 9.53 Å². The monoisotopic (exact) mass is 396 g/mol. The summed E-state index contributed by atoms with van der Waals surface area (Å²) in [4.78, 5) is 12.3. The molecule has 0 saturated carbocycles. The highest BCUT2D eigenvalue weighted by Crippen LogP contribution is 2.21. The smallest absolute Gasteiger partial charge is 0.234 e. The van der Waals surface area contributed by atoms with Crippen molar-refractivity contribution in [2.75, 3.05) is 18.2 Å². The number of methoxy groups -OCH3 is 1. The van der Waals surface area contributed by atoms with Gasteiger partial charge in [-0.2, -0.15) is 0 Å². The first-order valence-corrected chi connectivity index (χ1v) is 10.2. The van der Waals surface area contributed by atoms with Gasteiger partial charge in [-0.1, -0.05) is 55.1 Å². The highest BCUT2D eigenvalue weighted by Gasteiger charge is 2.14. The summed E-state index contributed by atoms with van der Waals surface area (Å²) in [5.41, 5.74) is 1.91. The van der Waals surface area contributed by atoms with Crippen molar-refractivity contribution in [2.24, 2.45) is 0 Å². The van der Waals surface area contributed by atoms with Gasteiger partial charge >= 0.3 is 0 Å². The molecule has 3 aromatic rings. The standard InChI is InChI=1S/C21H24N4O2S/c1-3-12-25-19(13-16-8-5-4-6-9-16)23-24-21(25)28-15-20(26)22-17-10-7-11-18(14-17)27-2/h4-11,14H,3,12-13,15H2,1-2H3,(H,22,26). The molecule has 0 saturated heterocycles. The highest BCUT2D eigenvalue weighted by atomic mass is 32.2. The van der Waals surface area contributed by atoms with Crippen LogP contribution in [0.4, 0.5) is 5.69 Å². The molecule has 2 aromatic carbocycles. The summed E-state index contributed by atoms with van der Waals surface area (Å²) < 4.78 is 7.29. The van der Waals surface area contributed by atoms with Gasteiger partial charge < -0.3 is 14.6 Å². The normalized spacial score (nSPS) is 10.6. The molecule has 0 spiro atoms. The van der Waals surface area contributed by atoms with Crippen molar-refractivity contribution in [1.82, 2.24) is 14.8 Å². The molecule has 1 heterocycles. The number of nitrogens with zero attached hydrogens (tertiary/aromatic N) is 3. The molecule has 0 bridgehead atoms. The summed E-state index contributed by atoms with van der Waals surface area (Å²) in [7, 11) is 1.60. The minimum Gasteiger partial charge on any atom is -0.497 e. The Morgan fingerprint density at radius 3 is 2.71 bits per heavy atom. The first-order valence-electron chi connectivity index (χ1n) is 9.22. The van der Waals surface area contributed by atoms with Gasteiger partial charge in [0.15, 0.2) is 5.16 Å². The van der Waals surface area contributed by atoms with E-state index < -0.39 is 0 Å². The first kappa shape index (κ1) is 19.9. The summed E-state index contributed by atoms with van der Waals surface area (Å²) in [5, 5.41) is 12.3. The van der Waals surface area contributed by atoms with Crippen molar-refractivity contribution in [3.63, 3.8) is 0 Å². The van der Waals surface area contributed by atoms with Crippen molar-refractivity contribution in [3.05, 3.63) is 66.0 Å². The van der Waals surface area contributed by atoms with Gasteiger partial charge in [0.1, 0.15) is 11.6 Å².